The average Bonchev–Trinajstić information content (AvgIpc) is 2.18. The highest BCUT2D eigenvalue weighted by molar-refractivity contribution is 5.73. The molecule has 0 N–H and O–H groups in total. The van der Waals surface area contributed by atoms with Crippen LogP contribution < -0.4 is 0 Å². The van der Waals surface area contributed by atoms with Crippen LogP contribution in [-0.4, -0.2) is 6.21 Å². The molecule has 0 amide bonds. The number of rotatable bonds is 0. The SMILES string of the molecule is CC.CC1=CC=NC=C(C)C1. The van der Waals surface area contributed by atoms with E-state index >= 15 is 0 Å². The van der Waals surface area contributed by atoms with Crippen molar-refractivity contribution in [3.63, 3.8) is 0 Å². The summed E-state index contributed by atoms with van der Waals surface area (Å²) >= 11 is 0. The number of hydrogen-bond acceptors (Lipinski definition) is 1. The zero-order valence-electron chi connectivity index (χ0n) is 7.89. The number of aliphatic imine (C=N–C) groups is 1. The molecule has 0 fully saturated rings. The third kappa shape index (κ3) is 4.54. The van der Waals surface area contributed by atoms with E-state index in [-0.39, 0.29) is 0 Å². The lowest BCUT2D eigenvalue weighted by Crippen LogP contribution is -1.76. The van der Waals surface area contributed by atoms with Crippen LogP contribution in [-0.2, 0) is 0 Å². The standard InChI is InChI=1S/C8H11N.C2H6/c1-7-3-4-9-6-8(2)5-7;1-2/h3-4,6H,5H2,1-2H3;1-2H3. The van der Waals surface area contributed by atoms with E-state index in [0.29, 0.717) is 0 Å². The van der Waals surface area contributed by atoms with Crippen LogP contribution in [0.3, 0.4) is 0 Å². The fraction of sp³-hybridized carbons (Fsp3) is 0.500. The molecule has 0 bridgehead atoms. The molecule has 0 aromatic heterocycles. The smallest absolute Gasteiger partial charge is 0.0267 e. The second kappa shape index (κ2) is 5.90. The fourth-order valence-electron chi connectivity index (χ4n) is 0.885. The van der Waals surface area contributed by atoms with Gasteiger partial charge in [0.25, 0.3) is 0 Å². The minimum atomic E-state index is 1.07. The van der Waals surface area contributed by atoms with E-state index in [2.05, 4.69) is 18.8 Å². The first kappa shape index (κ1) is 10.2. The summed E-state index contributed by atoms with van der Waals surface area (Å²) < 4.78 is 0. The fourth-order valence-corrected chi connectivity index (χ4v) is 0.885. The number of nitrogens with zero attached hydrogens (tertiary/aromatic N) is 1. The van der Waals surface area contributed by atoms with Gasteiger partial charge in [-0.25, -0.2) is 0 Å². The van der Waals surface area contributed by atoms with Gasteiger partial charge in [-0.05, 0) is 26.3 Å². The summed E-state index contributed by atoms with van der Waals surface area (Å²) in [5.74, 6) is 0. The van der Waals surface area contributed by atoms with E-state index < -0.39 is 0 Å². The summed E-state index contributed by atoms with van der Waals surface area (Å²) in [7, 11) is 0. The lowest BCUT2D eigenvalue weighted by molar-refractivity contribution is 1.11. The van der Waals surface area contributed by atoms with Gasteiger partial charge in [-0.2, -0.15) is 0 Å². The summed E-state index contributed by atoms with van der Waals surface area (Å²) in [5.41, 5.74) is 2.71. The highest BCUT2D eigenvalue weighted by Crippen LogP contribution is 2.10. The van der Waals surface area contributed by atoms with E-state index in [1.165, 1.54) is 11.1 Å². The molecule has 1 heterocycles. The maximum Gasteiger partial charge on any atom is 0.0267 e. The van der Waals surface area contributed by atoms with Gasteiger partial charge < -0.3 is 0 Å². The molecule has 1 heteroatoms. The topological polar surface area (TPSA) is 12.4 Å². The molecule has 0 saturated heterocycles. The van der Waals surface area contributed by atoms with Crippen molar-refractivity contribution in [1.82, 2.24) is 0 Å². The van der Waals surface area contributed by atoms with Crippen molar-refractivity contribution < 1.29 is 0 Å². The van der Waals surface area contributed by atoms with E-state index in [4.69, 9.17) is 0 Å². The Balaban J connectivity index is 0.000000461. The van der Waals surface area contributed by atoms with Crippen molar-refractivity contribution in [2.45, 2.75) is 34.1 Å². The predicted molar refractivity (Wildman–Crippen MR) is 52.0 cm³/mol. The molecule has 0 aromatic rings. The first-order chi connectivity index (χ1) is 5.29. The van der Waals surface area contributed by atoms with E-state index in [1.807, 2.05) is 32.3 Å². The van der Waals surface area contributed by atoms with Crippen molar-refractivity contribution in [3.05, 3.63) is 23.4 Å². The van der Waals surface area contributed by atoms with Gasteiger partial charge in [-0.3, -0.25) is 4.99 Å². The second-order valence-electron chi connectivity index (χ2n) is 2.46. The third-order valence-corrected chi connectivity index (χ3v) is 1.30. The molecule has 0 unspecified atom stereocenters. The Bertz CT molecular complexity index is 165. The lowest BCUT2D eigenvalue weighted by atomic mass is 10.1. The molecule has 1 aliphatic rings. The van der Waals surface area contributed by atoms with Gasteiger partial charge in [0.15, 0.2) is 0 Å². The molecule has 11 heavy (non-hydrogen) atoms. The summed E-state index contributed by atoms with van der Waals surface area (Å²) in [5, 5.41) is 0. The van der Waals surface area contributed by atoms with Crippen LogP contribution in [0.15, 0.2) is 28.4 Å². The van der Waals surface area contributed by atoms with Crippen molar-refractivity contribution >= 4 is 6.21 Å². The lowest BCUT2D eigenvalue weighted by Gasteiger charge is -1.94. The molecule has 1 rings (SSSR count). The highest BCUT2D eigenvalue weighted by Gasteiger charge is 1.92. The molecule has 0 radical (unpaired) electrons. The predicted octanol–water partition coefficient (Wildman–Crippen LogP) is 3.34. The monoisotopic (exact) mass is 151 g/mol. The first-order valence-electron chi connectivity index (χ1n) is 4.13. The maximum atomic E-state index is 4.04. The van der Waals surface area contributed by atoms with Gasteiger partial charge in [-0.1, -0.05) is 25.0 Å². The van der Waals surface area contributed by atoms with Gasteiger partial charge in [0, 0.05) is 12.4 Å². The van der Waals surface area contributed by atoms with Crippen LogP contribution in [0, 0.1) is 0 Å². The number of hydrogen-bond donors (Lipinski definition) is 0. The van der Waals surface area contributed by atoms with E-state index in [0.717, 1.165) is 6.42 Å². The van der Waals surface area contributed by atoms with Crippen molar-refractivity contribution in [3.8, 4) is 0 Å². The molecule has 62 valence electrons. The maximum absolute atomic E-state index is 4.04. The van der Waals surface area contributed by atoms with E-state index in [1.54, 1.807) is 0 Å². The van der Waals surface area contributed by atoms with Crippen LogP contribution in [0.1, 0.15) is 34.1 Å². The quantitative estimate of drug-likeness (QED) is 0.503. The molecule has 1 nitrogen and oxygen atoms in total. The molecule has 0 atom stereocenters. The van der Waals surface area contributed by atoms with E-state index in [9.17, 15) is 0 Å². The molecular weight excluding hydrogens is 134 g/mol. The van der Waals surface area contributed by atoms with Gasteiger partial charge in [-0.15, -0.1) is 0 Å². The largest absolute Gasteiger partial charge is 0.265 e. The third-order valence-electron chi connectivity index (χ3n) is 1.30. The molecule has 0 aliphatic carbocycles. The molecule has 0 aromatic carbocycles. The second-order valence-corrected chi connectivity index (χ2v) is 2.46. The highest BCUT2D eigenvalue weighted by atomic mass is 14.7. The van der Waals surface area contributed by atoms with Crippen LogP contribution in [0.5, 0.6) is 0 Å². The van der Waals surface area contributed by atoms with Crippen LogP contribution in [0.2, 0.25) is 0 Å². The van der Waals surface area contributed by atoms with Crippen molar-refractivity contribution in [2.24, 2.45) is 4.99 Å². The summed E-state index contributed by atoms with van der Waals surface area (Å²) in [6.07, 6.45) is 6.87. The van der Waals surface area contributed by atoms with Gasteiger partial charge in [0.1, 0.15) is 0 Å². The Kier molecular flexibility index (Phi) is 5.44. The summed E-state index contributed by atoms with van der Waals surface area (Å²) in [6, 6.07) is 0. The summed E-state index contributed by atoms with van der Waals surface area (Å²) in [6.45, 7) is 8.22. The normalized spacial score (nSPS) is 15.6. The Morgan fingerprint density at radius 3 is 2.45 bits per heavy atom. The average molecular weight is 151 g/mol. The van der Waals surface area contributed by atoms with Gasteiger partial charge in [0.2, 0.25) is 0 Å². The minimum Gasteiger partial charge on any atom is -0.265 e. The minimum absolute atomic E-state index is 1.07. The van der Waals surface area contributed by atoms with Crippen molar-refractivity contribution in [2.75, 3.05) is 0 Å². The van der Waals surface area contributed by atoms with Gasteiger partial charge >= 0.3 is 0 Å². The zero-order valence-corrected chi connectivity index (χ0v) is 7.89. The van der Waals surface area contributed by atoms with Crippen LogP contribution >= 0.6 is 0 Å². The Hall–Kier alpha value is -0.850. The Morgan fingerprint density at radius 2 is 1.82 bits per heavy atom. The van der Waals surface area contributed by atoms with Crippen LogP contribution in [0.4, 0.5) is 0 Å². The van der Waals surface area contributed by atoms with Gasteiger partial charge in [0.05, 0.1) is 0 Å². The molecule has 1 aliphatic heterocycles. The first-order valence-corrected chi connectivity index (χ1v) is 4.13. The summed E-state index contributed by atoms with van der Waals surface area (Å²) in [4.78, 5) is 4.04. The van der Waals surface area contributed by atoms with Crippen LogP contribution in [0.25, 0.3) is 0 Å². The molecular formula is C10H17N. The number of allylic oxidation sites excluding steroid dienone is 3. The Morgan fingerprint density at radius 1 is 1.18 bits per heavy atom. The van der Waals surface area contributed by atoms with Crippen molar-refractivity contribution in [1.29, 1.82) is 0 Å². The molecule has 0 saturated carbocycles. The molecule has 0 spiro atoms. The Labute approximate surface area is 69.5 Å². The zero-order chi connectivity index (χ0) is 8.69.